The van der Waals surface area contributed by atoms with Gasteiger partial charge in [-0.25, -0.2) is 4.39 Å². The molecule has 1 amide bonds. The lowest BCUT2D eigenvalue weighted by Gasteiger charge is -2.34. The van der Waals surface area contributed by atoms with Gasteiger partial charge in [-0.3, -0.25) is 4.79 Å². The zero-order valence-electron chi connectivity index (χ0n) is 18.8. The van der Waals surface area contributed by atoms with Gasteiger partial charge in [0.15, 0.2) is 0 Å². The normalized spacial score (nSPS) is 21.8. The van der Waals surface area contributed by atoms with Gasteiger partial charge in [0.1, 0.15) is 5.82 Å². The summed E-state index contributed by atoms with van der Waals surface area (Å²) in [5, 5.41) is 5.19. The summed E-state index contributed by atoms with van der Waals surface area (Å²) < 4.78 is 13.3. The zero-order chi connectivity index (χ0) is 23.7. The zero-order valence-corrected chi connectivity index (χ0v) is 21.1. The predicted molar refractivity (Wildman–Crippen MR) is 138 cm³/mol. The van der Waals surface area contributed by atoms with E-state index in [0.717, 1.165) is 39.0 Å². The molecule has 178 valence electrons. The minimum Gasteiger partial charge on any atom is -0.338 e. The van der Waals surface area contributed by atoms with Crippen molar-refractivity contribution in [1.82, 2.24) is 9.80 Å². The summed E-state index contributed by atoms with van der Waals surface area (Å²) in [5.41, 5.74) is 3.14. The molecule has 5 rings (SSSR count). The molecule has 0 aliphatic carbocycles. The van der Waals surface area contributed by atoms with E-state index < -0.39 is 0 Å². The van der Waals surface area contributed by atoms with Gasteiger partial charge in [0.05, 0.1) is 10.0 Å². The second-order valence-electron chi connectivity index (χ2n) is 9.39. The molecule has 2 aliphatic heterocycles. The highest BCUT2D eigenvalue weighted by molar-refractivity contribution is 7.08. The number of likely N-dealkylation sites (tertiary alicyclic amines) is 2. The van der Waals surface area contributed by atoms with Crippen molar-refractivity contribution in [3.8, 4) is 0 Å². The Hall–Kier alpha value is -1.92. The molecule has 0 saturated carbocycles. The molecule has 1 aromatic heterocycles. The number of piperidine rings is 1. The van der Waals surface area contributed by atoms with Crippen molar-refractivity contribution >= 4 is 40.4 Å². The van der Waals surface area contributed by atoms with Gasteiger partial charge < -0.3 is 9.80 Å². The number of hydrogen-bond donors (Lipinski definition) is 0. The number of hydrogen-bond acceptors (Lipinski definition) is 3. The van der Waals surface area contributed by atoms with Gasteiger partial charge in [0.25, 0.3) is 5.91 Å². The summed E-state index contributed by atoms with van der Waals surface area (Å²) in [7, 11) is 0. The van der Waals surface area contributed by atoms with Crippen molar-refractivity contribution in [2.75, 3.05) is 32.7 Å². The predicted octanol–water partition coefficient (Wildman–Crippen LogP) is 6.93. The Kier molecular flexibility index (Phi) is 7.26. The highest BCUT2D eigenvalue weighted by Crippen LogP contribution is 2.37. The number of amides is 1. The summed E-state index contributed by atoms with van der Waals surface area (Å²) in [6.07, 6.45) is 2.15. The average Bonchev–Trinajstić information content (AvgIpc) is 3.52. The van der Waals surface area contributed by atoms with Crippen molar-refractivity contribution in [3.63, 3.8) is 0 Å². The largest absolute Gasteiger partial charge is 0.338 e. The van der Waals surface area contributed by atoms with Crippen molar-refractivity contribution < 1.29 is 9.18 Å². The van der Waals surface area contributed by atoms with Crippen LogP contribution in [0.1, 0.15) is 46.2 Å². The molecule has 2 fully saturated rings. The Morgan fingerprint density at radius 1 is 0.971 bits per heavy atom. The molecule has 3 heterocycles. The third-order valence-electron chi connectivity index (χ3n) is 7.29. The van der Waals surface area contributed by atoms with Gasteiger partial charge in [-0.05, 0) is 96.1 Å². The molecule has 2 aliphatic rings. The van der Waals surface area contributed by atoms with E-state index in [2.05, 4.69) is 21.7 Å². The van der Waals surface area contributed by atoms with Crippen molar-refractivity contribution in [2.45, 2.75) is 24.7 Å². The van der Waals surface area contributed by atoms with Crippen molar-refractivity contribution in [1.29, 1.82) is 0 Å². The fourth-order valence-electron chi connectivity index (χ4n) is 5.41. The monoisotopic (exact) mass is 516 g/mol. The summed E-state index contributed by atoms with van der Waals surface area (Å²) in [6, 6.07) is 14.3. The third-order valence-corrected chi connectivity index (χ3v) is 8.73. The highest BCUT2D eigenvalue weighted by atomic mass is 35.5. The van der Waals surface area contributed by atoms with E-state index >= 15 is 0 Å². The van der Waals surface area contributed by atoms with E-state index in [-0.39, 0.29) is 11.7 Å². The smallest absolute Gasteiger partial charge is 0.253 e. The number of carbonyl (C=O) groups excluding carboxylic acids is 1. The lowest BCUT2D eigenvalue weighted by Crippen LogP contribution is -2.38. The SMILES string of the molecule is O=C(c1ccc(Cl)c(Cl)c1)N1C[C@@H](CN2CCC(c3ccc(F)cc3)CC2)[C@H](c2ccsc2)C1. The Morgan fingerprint density at radius 3 is 2.41 bits per heavy atom. The number of thiophene rings is 1. The lowest BCUT2D eigenvalue weighted by atomic mass is 9.87. The van der Waals surface area contributed by atoms with Crippen LogP contribution in [-0.4, -0.2) is 48.4 Å². The molecule has 2 atom stereocenters. The second kappa shape index (κ2) is 10.4. The van der Waals surface area contributed by atoms with E-state index in [4.69, 9.17) is 23.2 Å². The fourth-order valence-corrected chi connectivity index (χ4v) is 6.44. The van der Waals surface area contributed by atoms with E-state index in [1.54, 1.807) is 41.7 Å². The van der Waals surface area contributed by atoms with Crippen LogP contribution in [0.5, 0.6) is 0 Å². The Morgan fingerprint density at radius 2 is 1.74 bits per heavy atom. The molecule has 7 heteroatoms. The van der Waals surface area contributed by atoms with Gasteiger partial charge in [-0.2, -0.15) is 11.3 Å². The molecule has 0 unspecified atom stereocenters. The quantitative estimate of drug-likeness (QED) is 0.367. The molecule has 3 nitrogen and oxygen atoms in total. The summed E-state index contributed by atoms with van der Waals surface area (Å²) >= 11 is 13.9. The molecular weight excluding hydrogens is 490 g/mol. The van der Waals surface area contributed by atoms with Crippen molar-refractivity contribution in [2.24, 2.45) is 5.92 Å². The van der Waals surface area contributed by atoms with Crippen LogP contribution >= 0.6 is 34.5 Å². The molecule has 0 bridgehead atoms. The van der Waals surface area contributed by atoms with Crippen molar-refractivity contribution in [3.05, 3.63) is 91.8 Å². The second-order valence-corrected chi connectivity index (χ2v) is 11.0. The molecule has 0 N–H and O–H groups in total. The van der Waals surface area contributed by atoms with E-state index in [1.807, 2.05) is 17.0 Å². The first-order valence-electron chi connectivity index (χ1n) is 11.7. The maximum atomic E-state index is 13.3. The summed E-state index contributed by atoms with van der Waals surface area (Å²) in [5.74, 6) is 1.02. The van der Waals surface area contributed by atoms with Crippen LogP contribution in [0.2, 0.25) is 10.0 Å². The fraction of sp³-hybridized carbons (Fsp3) is 0.370. The van der Waals surface area contributed by atoms with Crippen LogP contribution in [0, 0.1) is 11.7 Å². The van der Waals surface area contributed by atoms with E-state index in [1.165, 1.54) is 11.1 Å². The summed E-state index contributed by atoms with van der Waals surface area (Å²) in [4.78, 5) is 17.8. The standard InChI is InChI=1S/C27H27Cl2FN2OS/c28-25-6-3-20(13-26(25)29)27(33)32-15-22(24(16-32)21-9-12-34-17-21)14-31-10-7-19(8-11-31)18-1-4-23(30)5-2-18/h1-6,9,12-13,17,19,22,24H,7-8,10-11,14-16H2/t22-,24+/m1/s1. The first-order valence-corrected chi connectivity index (χ1v) is 13.4. The van der Waals surface area contributed by atoms with E-state index in [0.29, 0.717) is 39.9 Å². The average molecular weight is 517 g/mol. The van der Waals surface area contributed by atoms with Crippen LogP contribution in [0.25, 0.3) is 0 Å². The maximum Gasteiger partial charge on any atom is 0.253 e. The van der Waals surface area contributed by atoms with Gasteiger partial charge in [-0.1, -0.05) is 35.3 Å². The molecule has 2 saturated heterocycles. The molecule has 34 heavy (non-hydrogen) atoms. The van der Waals surface area contributed by atoms with Gasteiger partial charge in [0, 0.05) is 31.1 Å². The Labute approximate surface area is 214 Å². The van der Waals surface area contributed by atoms with Crippen LogP contribution in [-0.2, 0) is 0 Å². The number of nitrogens with zero attached hydrogens (tertiary/aromatic N) is 2. The Bertz CT molecular complexity index is 1130. The van der Waals surface area contributed by atoms with Gasteiger partial charge >= 0.3 is 0 Å². The minimum absolute atomic E-state index is 0.0105. The Balaban J connectivity index is 1.26. The molecule has 3 aromatic rings. The summed E-state index contributed by atoms with van der Waals surface area (Å²) in [6.45, 7) is 4.47. The highest BCUT2D eigenvalue weighted by Gasteiger charge is 2.38. The number of halogens is 3. The minimum atomic E-state index is -0.179. The van der Waals surface area contributed by atoms with Gasteiger partial charge in [0.2, 0.25) is 0 Å². The van der Waals surface area contributed by atoms with Crippen LogP contribution in [0.15, 0.2) is 59.3 Å². The first-order chi connectivity index (χ1) is 16.5. The van der Waals surface area contributed by atoms with Crippen LogP contribution in [0.4, 0.5) is 4.39 Å². The maximum absolute atomic E-state index is 13.3. The lowest BCUT2D eigenvalue weighted by molar-refractivity contribution is 0.0781. The number of carbonyl (C=O) groups is 1. The van der Waals surface area contributed by atoms with Gasteiger partial charge in [-0.15, -0.1) is 0 Å². The van der Waals surface area contributed by atoms with Crippen LogP contribution in [0.3, 0.4) is 0 Å². The third kappa shape index (κ3) is 5.18. The molecule has 0 radical (unpaired) electrons. The van der Waals surface area contributed by atoms with E-state index in [9.17, 15) is 9.18 Å². The molecule has 0 spiro atoms. The molecule has 2 aromatic carbocycles. The topological polar surface area (TPSA) is 23.6 Å². The molecular formula is C27H27Cl2FN2OS. The van der Waals surface area contributed by atoms with Crippen LogP contribution < -0.4 is 0 Å². The first kappa shape index (κ1) is 23.8. The number of rotatable bonds is 5. The number of benzene rings is 2.